The molecule has 0 bridgehead atoms. The minimum Gasteiger partial charge on any atom is -0.293 e. The number of hydrogen-bond acceptors (Lipinski definition) is 2. The predicted molar refractivity (Wildman–Crippen MR) is 122 cm³/mol. The minimum absolute atomic E-state index is 0.0792. The maximum atomic E-state index is 12.9. The summed E-state index contributed by atoms with van der Waals surface area (Å²) in [6.45, 7) is 4.13. The molecule has 5 aromatic rings. The first kappa shape index (κ1) is 18.4. The average molecular weight is 393 g/mol. The Labute approximate surface area is 174 Å². The molecule has 0 saturated heterocycles. The van der Waals surface area contributed by atoms with E-state index in [1.54, 1.807) is 10.6 Å². The van der Waals surface area contributed by atoms with E-state index < -0.39 is 0 Å². The van der Waals surface area contributed by atoms with Crippen molar-refractivity contribution in [3.8, 4) is 11.1 Å². The fraction of sp³-hybridized carbons (Fsp3) is 0.154. The van der Waals surface area contributed by atoms with Gasteiger partial charge in [0.2, 0.25) is 0 Å². The highest BCUT2D eigenvalue weighted by Gasteiger charge is 2.19. The van der Waals surface area contributed by atoms with Gasteiger partial charge in [-0.3, -0.25) is 9.89 Å². The van der Waals surface area contributed by atoms with Crippen LogP contribution in [0.3, 0.4) is 0 Å². The van der Waals surface area contributed by atoms with Crippen LogP contribution in [-0.4, -0.2) is 14.6 Å². The summed E-state index contributed by atoms with van der Waals surface area (Å²) in [5, 5.41) is 5.67. The van der Waals surface area contributed by atoms with Crippen molar-refractivity contribution in [3.05, 3.63) is 106 Å². The second kappa shape index (κ2) is 7.30. The monoisotopic (exact) mass is 393 g/mol. The molecule has 0 aliphatic rings. The first-order valence-electron chi connectivity index (χ1n) is 10.3. The lowest BCUT2D eigenvalue weighted by Gasteiger charge is -2.09. The Hall–Kier alpha value is -3.66. The van der Waals surface area contributed by atoms with E-state index in [0.717, 1.165) is 27.9 Å². The van der Waals surface area contributed by atoms with E-state index in [0.29, 0.717) is 12.1 Å². The molecule has 0 aliphatic carbocycles. The Kier molecular flexibility index (Phi) is 4.47. The lowest BCUT2D eigenvalue weighted by atomic mass is 9.96. The molecule has 2 aromatic heterocycles. The number of fused-ring (bicyclic) bond motifs is 2. The lowest BCUT2D eigenvalue weighted by Crippen LogP contribution is -2.16. The van der Waals surface area contributed by atoms with E-state index in [4.69, 9.17) is 4.98 Å². The van der Waals surface area contributed by atoms with Gasteiger partial charge in [-0.2, -0.15) is 0 Å². The molecule has 148 valence electrons. The molecule has 0 amide bonds. The molecular weight excluding hydrogens is 370 g/mol. The highest BCUT2D eigenvalue weighted by molar-refractivity contribution is 6.00. The van der Waals surface area contributed by atoms with E-state index in [9.17, 15) is 4.79 Å². The molecule has 30 heavy (non-hydrogen) atoms. The van der Waals surface area contributed by atoms with Gasteiger partial charge in [0.1, 0.15) is 0 Å². The van der Waals surface area contributed by atoms with Crippen LogP contribution in [0.25, 0.3) is 27.5 Å². The molecule has 1 N–H and O–H groups in total. The first-order valence-corrected chi connectivity index (χ1v) is 10.3. The van der Waals surface area contributed by atoms with Crippen LogP contribution in [0, 0.1) is 0 Å². The summed E-state index contributed by atoms with van der Waals surface area (Å²) in [4.78, 5) is 17.8. The van der Waals surface area contributed by atoms with Gasteiger partial charge in [0.05, 0.1) is 5.69 Å². The van der Waals surface area contributed by atoms with Gasteiger partial charge < -0.3 is 0 Å². The Morgan fingerprint density at radius 2 is 1.67 bits per heavy atom. The lowest BCUT2D eigenvalue weighted by molar-refractivity contribution is 0.792. The summed E-state index contributed by atoms with van der Waals surface area (Å²) in [5.41, 5.74) is 5.68. The van der Waals surface area contributed by atoms with E-state index in [1.807, 2.05) is 24.3 Å². The molecule has 0 atom stereocenters. The summed E-state index contributed by atoms with van der Waals surface area (Å²) in [5.74, 6) is 0.176. The standard InChI is InChI=1S/C26H23N3O/c1-17(2)22-16-24(30)29-26(27-22)25(23(28-29)15-18-9-4-3-5-10-18)21-14-8-12-19-11-6-7-13-20(19)21/h3-14,16-17,28H,15H2,1-2H3. The largest absolute Gasteiger partial charge is 0.293 e. The van der Waals surface area contributed by atoms with Crippen LogP contribution < -0.4 is 5.56 Å². The third-order valence-corrected chi connectivity index (χ3v) is 5.58. The number of nitrogens with zero attached hydrogens (tertiary/aromatic N) is 2. The Balaban J connectivity index is 1.85. The fourth-order valence-electron chi connectivity index (χ4n) is 4.05. The quantitative estimate of drug-likeness (QED) is 0.435. The van der Waals surface area contributed by atoms with Gasteiger partial charge >= 0.3 is 0 Å². The summed E-state index contributed by atoms with van der Waals surface area (Å²) in [6.07, 6.45) is 0.694. The van der Waals surface area contributed by atoms with E-state index >= 15 is 0 Å². The molecule has 2 heterocycles. The number of aromatic nitrogens is 3. The maximum Gasteiger partial charge on any atom is 0.272 e. The van der Waals surface area contributed by atoms with E-state index in [2.05, 4.69) is 67.5 Å². The second-order valence-corrected chi connectivity index (χ2v) is 7.99. The Morgan fingerprint density at radius 1 is 0.933 bits per heavy atom. The SMILES string of the molecule is CC(C)c1cc(=O)n2[nH]c(Cc3ccccc3)c(-c3cccc4ccccc34)c2n1. The molecule has 4 nitrogen and oxygen atoms in total. The highest BCUT2D eigenvalue weighted by atomic mass is 16.1. The van der Waals surface area contributed by atoms with Crippen molar-refractivity contribution in [1.82, 2.24) is 14.6 Å². The smallest absolute Gasteiger partial charge is 0.272 e. The average Bonchev–Trinajstić information content (AvgIpc) is 3.12. The Bertz CT molecular complexity index is 1410. The summed E-state index contributed by atoms with van der Waals surface area (Å²) < 4.78 is 1.58. The molecule has 3 aromatic carbocycles. The van der Waals surface area contributed by atoms with Gasteiger partial charge in [0.25, 0.3) is 5.56 Å². The van der Waals surface area contributed by atoms with E-state index in [1.165, 1.54) is 10.9 Å². The summed E-state index contributed by atoms with van der Waals surface area (Å²) in [6, 6.07) is 26.6. The summed E-state index contributed by atoms with van der Waals surface area (Å²) >= 11 is 0. The number of H-pyrrole nitrogens is 1. The highest BCUT2D eigenvalue weighted by Crippen LogP contribution is 2.34. The van der Waals surface area contributed by atoms with Crippen molar-refractivity contribution in [1.29, 1.82) is 0 Å². The molecule has 5 rings (SSSR count). The fourth-order valence-corrected chi connectivity index (χ4v) is 4.05. The van der Waals surface area contributed by atoms with Crippen molar-refractivity contribution in [2.45, 2.75) is 26.2 Å². The van der Waals surface area contributed by atoms with Gasteiger partial charge in [-0.15, -0.1) is 0 Å². The number of nitrogens with one attached hydrogen (secondary N) is 1. The number of rotatable bonds is 4. The van der Waals surface area contributed by atoms with Crippen molar-refractivity contribution in [2.24, 2.45) is 0 Å². The van der Waals surface area contributed by atoms with Crippen molar-refractivity contribution < 1.29 is 0 Å². The zero-order valence-corrected chi connectivity index (χ0v) is 17.1. The van der Waals surface area contributed by atoms with Gasteiger partial charge in [-0.1, -0.05) is 86.6 Å². The number of aromatic amines is 1. The predicted octanol–water partition coefficient (Wildman–Crippen LogP) is 5.56. The second-order valence-electron chi connectivity index (χ2n) is 7.99. The van der Waals surface area contributed by atoms with Crippen molar-refractivity contribution in [3.63, 3.8) is 0 Å². The van der Waals surface area contributed by atoms with Gasteiger partial charge in [0.15, 0.2) is 5.65 Å². The van der Waals surface area contributed by atoms with Crippen LogP contribution >= 0.6 is 0 Å². The van der Waals surface area contributed by atoms with E-state index in [-0.39, 0.29) is 11.5 Å². The third-order valence-electron chi connectivity index (χ3n) is 5.58. The molecule has 0 fully saturated rings. The number of benzene rings is 3. The molecule has 0 radical (unpaired) electrons. The molecule has 0 unspecified atom stereocenters. The minimum atomic E-state index is -0.0792. The zero-order chi connectivity index (χ0) is 20.7. The van der Waals surface area contributed by atoms with Crippen molar-refractivity contribution in [2.75, 3.05) is 0 Å². The van der Waals surface area contributed by atoms with Crippen LogP contribution in [0.1, 0.15) is 36.7 Å². The topological polar surface area (TPSA) is 50.2 Å². The van der Waals surface area contributed by atoms with Crippen LogP contribution in [0.5, 0.6) is 0 Å². The third kappa shape index (κ3) is 3.11. The van der Waals surface area contributed by atoms with Crippen LogP contribution in [-0.2, 0) is 6.42 Å². The van der Waals surface area contributed by atoms with Crippen LogP contribution in [0.15, 0.2) is 83.7 Å². The first-order chi connectivity index (χ1) is 14.6. The van der Waals surface area contributed by atoms with Crippen molar-refractivity contribution >= 4 is 16.4 Å². The zero-order valence-electron chi connectivity index (χ0n) is 17.1. The van der Waals surface area contributed by atoms with Gasteiger partial charge in [-0.25, -0.2) is 9.50 Å². The van der Waals surface area contributed by atoms with Crippen LogP contribution in [0.2, 0.25) is 0 Å². The van der Waals surface area contributed by atoms with Gasteiger partial charge in [0, 0.05) is 23.7 Å². The molecule has 0 saturated carbocycles. The van der Waals surface area contributed by atoms with Crippen LogP contribution in [0.4, 0.5) is 0 Å². The van der Waals surface area contributed by atoms with Gasteiger partial charge in [-0.05, 0) is 27.8 Å². The Morgan fingerprint density at radius 3 is 2.47 bits per heavy atom. The maximum absolute atomic E-state index is 12.9. The number of hydrogen-bond donors (Lipinski definition) is 1. The summed E-state index contributed by atoms with van der Waals surface area (Å²) in [7, 11) is 0. The molecule has 0 aliphatic heterocycles. The molecule has 0 spiro atoms. The molecule has 4 heteroatoms. The molecular formula is C26H23N3O. The normalized spacial score (nSPS) is 11.6.